The first-order chi connectivity index (χ1) is 12.2. The highest BCUT2D eigenvalue weighted by Gasteiger charge is 2.46. The lowest BCUT2D eigenvalue weighted by Gasteiger charge is -2.38. The lowest BCUT2D eigenvalue weighted by atomic mass is 9.74. The molecule has 1 aromatic rings. The highest BCUT2D eigenvalue weighted by atomic mass is 32.1. The molecule has 3 heterocycles. The van der Waals surface area contributed by atoms with Crippen molar-refractivity contribution in [3.05, 3.63) is 16.5 Å². The van der Waals surface area contributed by atoms with Gasteiger partial charge in [0, 0.05) is 18.0 Å². The van der Waals surface area contributed by atoms with Crippen LogP contribution in [0.4, 0.5) is 9.80 Å². The van der Waals surface area contributed by atoms with Gasteiger partial charge in [-0.2, -0.15) is 0 Å². The van der Waals surface area contributed by atoms with E-state index in [-0.39, 0.29) is 17.0 Å². The number of amides is 2. The fraction of sp³-hybridized carbons (Fsp3) is 0.684. The third kappa shape index (κ3) is 4.04. The number of esters is 1. The SMILES string of the molecule is CCOC(=O)c1cc(C)sc1NC(=O)N1CCC2(CC1)COC(C)(C)C2. The van der Waals surface area contributed by atoms with Crippen LogP contribution < -0.4 is 5.32 Å². The summed E-state index contributed by atoms with van der Waals surface area (Å²) in [5, 5.41) is 3.48. The zero-order chi connectivity index (χ0) is 18.9. The number of carbonyl (C=O) groups excluding carboxylic acids is 2. The molecule has 0 bridgehead atoms. The summed E-state index contributed by atoms with van der Waals surface area (Å²) >= 11 is 1.40. The minimum absolute atomic E-state index is 0.0620. The first kappa shape index (κ1) is 19.2. The molecule has 0 radical (unpaired) electrons. The van der Waals surface area contributed by atoms with Crippen molar-refractivity contribution in [2.45, 2.75) is 52.6 Å². The predicted molar refractivity (Wildman–Crippen MR) is 102 cm³/mol. The van der Waals surface area contributed by atoms with Gasteiger partial charge in [0.1, 0.15) is 5.00 Å². The molecule has 1 N–H and O–H groups in total. The Morgan fingerprint density at radius 3 is 2.62 bits per heavy atom. The molecule has 2 aliphatic heterocycles. The van der Waals surface area contributed by atoms with Crippen molar-refractivity contribution in [2.75, 3.05) is 31.6 Å². The molecule has 0 aromatic carbocycles. The molecular formula is C19H28N2O4S. The zero-order valence-electron chi connectivity index (χ0n) is 16.0. The maximum atomic E-state index is 12.7. The molecule has 0 atom stereocenters. The number of ether oxygens (including phenoxy) is 2. The Hall–Kier alpha value is -1.60. The normalized spacial score (nSPS) is 21.0. The fourth-order valence-electron chi connectivity index (χ4n) is 4.00. The van der Waals surface area contributed by atoms with Gasteiger partial charge in [-0.3, -0.25) is 5.32 Å². The van der Waals surface area contributed by atoms with Crippen molar-refractivity contribution in [1.82, 2.24) is 4.90 Å². The van der Waals surface area contributed by atoms with Gasteiger partial charge in [-0.05, 0) is 58.4 Å². The summed E-state index contributed by atoms with van der Waals surface area (Å²) in [6.45, 7) is 10.5. The number of thiophene rings is 1. The van der Waals surface area contributed by atoms with Crippen LogP contribution >= 0.6 is 11.3 Å². The van der Waals surface area contributed by atoms with Crippen LogP contribution in [0.3, 0.4) is 0 Å². The number of anilines is 1. The Morgan fingerprint density at radius 2 is 2.04 bits per heavy atom. The van der Waals surface area contributed by atoms with Gasteiger partial charge < -0.3 is 14.4 Å². The van der Waals surface area contributed by atoms with Crippen LogP contribution in [0.5, 0.6) is 0 Å². The van der Waals surface area contributed by atoms with Gasteiger partial charge in [-0.1, -0.05) is 0 Å². The van der Waals surface area contributed by atoms with E-state index in [1.54, 1.807) is 13.0 Å². The molecule has 2 aliphatic rings. The fourth-order valence-corrected chi connectivity index (χ4v) is 4.89. The molecule has 144 valence electrons. The topological polar surface area (TPSA) is 67.9 Å². The minimum Gasteiger partial charge on any atom is -0.462 e. The van der Waals surface area contributed by atoms with E-state index in [4.69, 9.17) is 9.47 Å². The van der Waals surface area contributed by atoms with Gasteiger partial charge in [-0.15, -0.1) is 11.3 Å². The van der Waals surface area contributed by atoms with E-state index in [0.29, 0.717) is 30.3 Å². The van der Waals surface area contributed by atoms with Gasteiger partial charge in [0.15, 0.2) is 0 Å². The largest absolute Gasteiger partial charge is 0.462 e. The Balaban J connectivity index is 1.61. The maximum Gasteiger partial charge on any atom is 0.341 e. The van der Waals surface area contributed by atoms with E-state index in [1.165, 1.54) is 11.3 Å². The van der Waals surface area contributed by atoms with Crippen LogP contribution in [0.25, 0.3) is 0 Å². The number of carbonyl (C=O) groups is 2. The number of hydrogen-bond donors (Lipinski definition) is 1. The molecule has 1 aromatic heterocycles. The Morgan fingerprint density at radius 1 is 1.35 bits per heavy atom. The van der Waals surface area contributed by atoms with E-state index in [1.807, 2.05) is 11.8 Å². The summed E-state index contributed by atoms with van der Waals surface area (Å²) in [5.41, 5.74) is 0.575. The number of aryl methyl sites for hydroxylation is 1. The number of piperidine rings is 1. The number of nitrogens with one attached hydrogen (secondary N) is 1. The van der Waals surface area contributed by atoms with E-state index in [0.717, 1.165) is 30.7 Å². The van der Waals surface area contributed by atoms with Gasteiger partial charge in [-0.25, -0.2) is 9.59 Å². The van der Waals surface area contributed by atoms with Crippen LogP contribution in [0.1, 0.15) is 55.3 Å². The second-order valence-corrected chi connectivity index (χ2v) is 9.22. The zero-order valence-corrected chi connectivity index (χ0v) is 16.8. The predicted octanol–water partition coefficient (Wildman–Crippen LogP) is 4.05. The summed E-state index contributed by atoms with van der Waals surface area (Å²) < 4.78 is 11.0. The van der Waals surface area contributed by atoms with Crippen LogP contribution in [-0.4, -0.2) is 48.8 Å². The second kappa shape index (κ2) is 7.19. The molecule has 0 unspecified atom stereocenters. The molecule has 2 saturated heterocycles. The molecule has 7 heteroatoms. The summed E-state index contributed by atoms with van der Waals surface area (Å²) in [6, 6.07) is 1.62. The van der Waals surface area contributed by atoms with Crippen molar-refractivity contribution < 1.29 is 19.1 Å². The molecule has 0 aliphatic carbocycles. The Labute approximate surface area is 158 Å². The Kier molecular flexibility index (Phi) is 5.30. The van der Waals surface area contributed by atoms with Gasteiger partial charge >= 0.3 is 12.0 Å². The molecule has 6 nitrogen and oxygen atoms in total. The van der Waals surface area contributed by atoms with Crippen molar-refractivity contribution in [1.29, 1.82) is 0 Å². The first-order valence-electron chi connectivity index (χ1n) is 9.21. The van der Waals surface area contributed by atoms with Crippen LogP contribution in [0.2, 0.25) is 0 Å². The quantitative estimate of drug-likeness (QED) is 0.804. The van der Waals surface area contributed by atoms with Crippen molar-refractivity contribution >= 4 is 28.3 Å². The molecule has 1 spiro atoms. The van der Waals surface area contributed by atoms with Gasteiger partial charge in [0.05, 0.1) is 24.4 Å². The molecule has 26 heavy (non-hydrogen) atoms. The summed E-state index contributed by atoms with van der Waals surface area (Å²) in [7, 11) is 0. The van der Waals surface area contributed by atoms with Crippen LogP contribution in [-0.2, 0) is 9.47 Å². The molecule has 2 fully saturated rings. The highest BCUT2D eigenvalue weighted by Crippen LogP contribution is 2.46. The van der Waals surface area contributed by atoms with Gasteiger partial charge in [0.2, 0.25) is 0 Å². The van der Waals surface area contributed by atoms with E-state index < -0.39 is 5.97 Å². The number of likely N-dealkylation sites (tertiary alicyclic amines) is 1. The molecule has 0 saturated carbocycles. The monoisotopic (exact) mass is 380 g/mol. The van der Waals surface area contributed by atoms with Crippen molar-refractivity contribution in [3.8, 4) is 0 Å². The second-order valence-electron chi connectivity index (χ2n) is 7.96. The standard InChI is InChI=1S/C19H28N2O4S/c1-5-24-16(22)14-10-13(2)26-15(14)20-17(23)21-8-6-19(7-9-21)11-18(3,4)25-12-19/h10H,5-9,11-12H2,1-4H3,(H,20,23). The minimum atomic E-state index is -0.393. The lowest BCUT2D eigenvalue weighted by Crippen LogP contribution is -2.45. The number of nitrogens with zero attached hydrogens (tertiary/aromatic N) is 1. The van der Waals surface area contributed by atoms with Crippen LogP contribution in [0.15, 0.2) is 6.07 Å². The average Bonchev–Trinajstić information content (AvgIpc) is 3.08. The van der Waals surface area contributed by atoms with E-state index >= 15 is 0 Å². The number of rotatable bonds is 3. The van der Waals surface area contributed by atoms with Crippen molar-refractivity contribution in [2.24, 2.45) is 5.41 Å². The average molecular weight is 381 g/mol. The molecule has 2 amide bonds. The summed E-state index contributed by atoms with van der Waals surface area (Å²) in [5.74, 6) is -0.393. The first-order valence-corrected chi connectivity index (χ1v) is 10.0. The molecular weight excluding hydrogens is 352 g/mol. The third-order valence-electron chi connectivity index (χ3n) is 5.25. The van der Waals surface area contributed by atoms with Crippen molar-refractivity contribution in [3.63, 3.8) is 0 Å². The number of hydrogen-bond acceptors (Lipinski definition) is 5. The molecule has 3 rings (SSSR count). The number of urea groups is 1. The highest BCUT2D eigenvalue weighted by molar-refractivity contribution is 7.16. The summed E-state index contributed by atoms with van der Waals surface area (Å²) in [6.07, 6.45) is 2.96. The van der Waals surface area contributed by atoms with E-state index in [2.05, 4.69) is 19.2 Å². The third-order valence-corrected chi connectivity index (χ3v) is 6.22. The van der Waals surface area contributed by atoms with Gasteiger partial charge in [0.25, 0.3) is 0 Å². The Bertz CT molecular complexity index is 690. The van der Waals surface area contributed by atoms with E-state index in [9.17, 15) is 9.59 Å². The summed E-state index contributed by atoms with van der Waals surface area (Å²) in [4.78, 5) is 27.5. The smallest absolute Gasteiger partial charge is 0.341 e. The lowest BCUT2D eigenvalue weighted by molar-refractivity contribution is 0.0265. The maximum absolute atomic E-state index is 12.7. The van der Waals surface area contributed by atoms with Crippen LogP contribution in [0, 0.1) is 12.3 Å².